The van der Waals surface area contributed by atoms with Gasteiger partial charge in [-0.25, -0.2) is 0 Å². The molecule has 0 aromatic rings. The van der Waals surface area contributed by atoms with E-state index in [1.54, 1.807) is 0 Å². The van der Waals surface area contributed by atoms with Crippen LogP contribution in [0.25, 0.3) is 0 Å². The Morgan fingerprint density at radius 1 is 1.07 bits per heavy atom. The first kappa shape index (κ1) is 13.7. The van der Waals surface area contributed by atoms with Gasteiger partial charge in [0.15, 0.2) is 0 Å². The van der Waals surface area contributed by atoms with E-state index in [9.17, 15) is 8.42 Å². The largest absolute Gasteiger partial charge is 0.286 e. The molecule has 0 aromatic heterocycles. The predicted molar refractivity (Wildman–Crippen MR) is 58.9 cm³/mol. The summed E-state index contributed by atoms with van der Waals surface area (Å²) in [5.74, 6) is -0.0994. The normalized spacial score (nSPS) is 12.4. The van der Waals surface area contributed by atoms with E-state index < -0.39 is 10.1 Å². The van der Waals surface area contributed by atoms with Crippen molar-refractivity contribution >= 4 is 10.1 Å². The zero-order valence-corrected chi connectivity index (χ0v) is 9.59. The average molecular weight is 220 g/mol. The predicted octanol–water partition coefficient (Wildman–Crippen LogP) is 2.79. The van der Waals surface area contributed by atoms with Crippen molar-refractivity contribution in [3.8, 4) is 0 Å². The summed E-state index contributed by atoms with van der Waals surface area (Å²) in [4.78, 5) is 0. The molecular formula is C10H20O3S. The standard InChI is InChI=1S/C10H20O3S/c1-2-3-4-5-6-7-8-9-10-14(11,12)13/h3-4H,2,5-10H2,1H3,(H,11,12,13)/b4-3-. The van der Waals surface area contributed by atoms with Crippen LogP contribution in [0.4, 0.5) is 0 Å². The van der Waals surface area contributed by atoms with E-state index in [1.807, 2.05) is 0 Å². The molecule has 0 radical (unpaired) electrons. The van der Waals surface area contributed by atoms with Gasteiger partial charge in [0, 0.05) is 0 Å². The van der Waals surface area contributed by atoms with E-state index >= 15 is 0 Å². The van der Waals surface area contributed by atoms with Crippen molar-refractivity contribution in [2.45, 2.75) is 45.4 Å². The highest BCUT2D eigenvalue weighted by Crippen LogP contribution is 2.05. The van der Waals surface area contributed by atoms with Crippen LogP contribution in [0, 0.1) is 0 Å². The summed E-state index contributed by atoms with van der Waals surface area (Å²) in [5.41, 5.74) is 0. The molecule has 0 unspecified atom stereocenters. The fourth-order valence-electron chi connectivity index (χ4n) is 1.18. The van der Waals surface area contributed by atoms with Crippen molar-refractivity contribution < 1.29 is 13.0 Å². The Morgan fingerprint density at radius 2 is 1.71 bits per heavy atom. The van der Waals surface area contributed by atoms with Crippen LogP contribution in [0.2, 0.25) is 0 Å². The summed E-state index contributed by atoms with van der Waals surface area (Å²) in [7, 11) is -3.74. The summed E-state index contributed by atoms with van der Waals surface area (Å²) in [6.07, 6.45) is 10.0. The lowest BCUT2D eigenvalue weighted by molar-refractivity contribution is 0.479. The highest BCUT2D eigenvalue weighted by atomic mass is 32.2. The molecule has 0 aliphatic rings. The molecule has 0 heterocycles. The van der Waals surface area contributed by atoms with Crippen LogP contribution in [0.5, 0.6) is 0 Å². The minimum Gasteiger partial charge on any atom is -0.286 e. The first-order valence-corrected chi connectivity index (χ1v) is 6.77. The lowest BCUT2D eigenvalue weighted by Gasteiger charge is -1.97. The molecule has 0 rings (SSSR count). The maximum absolute atomic E-state index is 10.3. The first-order valence-electron chi connectivity index (χ1n) is 5.16. The average Bonchev–Trinajstić information content (AvgIpc) is 2.08. The molecule has 3 nitrogen and oxygen atoms in total. The van der Waals surface area contributed by atoms with Gasteiger partial charge in [-0.1, -0.05) is 31.9 Å². The fourth-order valence-corrected chi connectivity index (χ4v) is 1.75. The Labute approximate surface area is 87.0 Å². The Kier molecular flexibility index (Phi) is 7.80. The van der Waals surface area contributed by atoms with Gasteiger partial charge in [-0.05, 0) is 25.7 Å². The quantitative estimate of drug-likeness (QED) is 0.389. The topological polar surface area (TPSA) is 54.4 Å². The second kappa shape index (κ2) is 8.00. The van der Waals surface area contributed by atoms with E-state index in [1.165, 1.54) is 0 Å². The first-order chi connectivity index (χ1) is 6.56. The van der Waals surface area contributed by atoms with Crippen LogP contribution in [0.3, 0.4) is 0 Å². The van der Waals surface area contributed by atoms with Gasteiger partial charge in [-0.15, -0.1) is 0 Å². The third kappa shape index (κ3) is 11.6. The zero-order valence-electron chi connectivity index (χ0n) is 8.78. The molecule has 0 amide bonds. The summed E-state index contributed by atoms with van der Waals surface area (Å²) >= 11 is 0. The molecule has 0 bridgehead atoms. The van der Waals surface area contributed by atoms with Crippen LogP contribution in [0.1, 0.15) is 45.4 Å². The molecule has 0 spiro atoms. The van der Waals surface area contributed by atoms with Gasteiger partial charge in [0.2, 0.25) is 0 Å². The fraction of sp³-hybridized carbons (Fsp3) is 0.800. The van der Waals surface area contributed by atoms with Crippen molar-refractivity contribution in [3.05, 3.63) is 12.2 Å². The Morgan fingerprint density at radius 3 is 2.29 bits per heavy atom. The molecule has 1 N–H and O–H groups in total. The minimum atomic E-state index is -3.74. The summed E-state index contributed by atoms with van der Waals surface area (Å²) < 4.78 is 29.2. The Hall–Kier alpha value is -0.350. The third-order valence-corrected chi connectivity index (χ3v) is 2.73. The minimum absolute atomic E-state index is 0.0994. The molecule has 0 saturated carbocycles. The van der Waals surface area contributed by atoms with E-state index in [4.69, 9.17) is 4.55 Å². The maximum atomic E-state index is 10.3. The molecular weight excluding hydrogens is 200 g/mol. The van der Waals surface area contributed by atoms with E-state index in [-0.39, 0.29) is 5.75 Å². The summed E-state index contributed by atoms with van der Waals surface area (Å²) in [6, 6.07) is 0. The van der Waals surface area contributed by atoms with Gasteiger partial charge < -0.3 is 0 Å². The van der Waals surface area contributed by atoms with Gasteiger partial charge in [-0.3, -0.25) is 4.55 Å². The Balaban J connectivity index is 3.19. The van der Waals surface area contributed by atoms with E-state index in [2.05, 4.69) is 19.1 Å². The van der Waals surface area contributed by atoms with Crippen molar-refractivity contribution in [2.75, 3.05) is 5.75 Å². The molecule has 0 fully saturated rings. The van der Waals surface area contributed by atoms with Gasteiger partial charge in [0.25, 0.3) is 10.1 Å². The second-order valence-corrected chi connectivity index (χ2v) is 4.94. The lowest BCUT2D eigenvalue weighted by Crippen LogP contribution is -2.03. The SMILES string of the molecule is CC/C=C\CCCCCCS(=O)(=O)O. The lowest BCUT2D eigenvalue weighted by atomic mass is 10.1. The smallest absolute Gasteiger partial charge is 0.264 e. The molecule has 14 heavy (non-hydrogen) atoms. The van der Waals surface area contributed by atoms with E-state index in [0.29, 0.717) is 6.42 Å². The van der Waals surface area contributed by atoms with Gasteiger partial charge in [0.05, 0.1) is 5.75 Å². The molecule has 84 valence electrons. The van der Waals surface area contributed by atoms with Crippen LogP contribution in [-0.2, 0) is 10.1 Å². The van der Waals surface area contributed by atoms with Crippen molar-refractivity contribution in [1.29, 1.82) is 0 Å². The molecule has 0 aliphatic carbocycles. The highest BCUT2D eigenvalue weighted by Gasteiger charge is 2.02. The van der Waals surface area contributed by atoms with Gasteiger partial charge in [0.1, 0.15) is 0 Å². The van der Waals surface area contributed by atoms with Crippen molar-refractivity contribution in [2.24, 2.45) is 0 Å². The van der Waals surface area contributed by atoms with E-state index in [0.717, 1.165) is 32.1 Å². The summed E-state index contributed by atoms with van der Waals surface area (Å²) in [5, 5.41) is 0. The zero-order chi connectivity index (χ0) is 10.9. The highest BCUT2D eigenvalue weighted by molar-refractivity contribution is 7.85. The maximum Gasteiger partial charge on any atom is 0.264 e. The Bertz CT molecular complexity index is 242. The molecule has 0 aromatic carbocycles. The van der Waals surface area contributed by atoms with Gasteiger partial charge >= 0.3 is 0 Å². The number of hydrogen-bond acceptors (Lipinski definition) is 2. The number of rotatable bonds is 8. The van der Waals surface area contributed by atoms with Crippen LogP contribution in [0.15, 0.2) is 12.2 Å². The van der Waals surface area contributed by atoms with Crippen LogP contribution >= 0.6 is 0 Å². The number of hydrogen-bond donors (Lipinski definition) is 1. The number of allylic oxidation sites excluding steroid dienone is 2. The molecule has 0 atom stereocenters. The van der Waals surface area contributed by atoms with Crippen molar-refractivity contribution in [3.63, 3.8) is 0 Å². The molecule has 0 saturated heterocycles. The summed E-state index contributed by atoms with van der Waals surface area (Å²) in [6.45, 7) is 2.10. The number of unbranched alkanes of at least 4 members (excludes halogenated alkanes) is 4. The molecule has 0 aliphatic heterocycles. The van der Waals surface area contributed by atoms with Crippen LogP contribution in [-0.4, -0.2) is 18.7 Å². The van der Waals surface area contributed by atoms with Crippen LogP contribution < -0.4 is 0 Å². The second-order valence-electron chi connectivity index (χ2n) is 3.37. The molecule has 4 heteroatoms. The monoisotopic (exact) mass is 220 g/mol. The van der Waals surface area contributed by atoms with Gasteiger partial charge in [-0.2, -0.15) is 8.42 Å². The van der Waals surface area contributed by atoms with Crippen molar-refractivity contribution in [1.82, 2.24) is 0 Å². The third-order valence-electron chi connectivity index (χ3n) is 1.93.